The average molecular weight is 411 g/mol. The summed E-state index contributed by atoms with van der Waals surface area (Å²) in [6.45, 7) is 2.71. The van der Waals surface area contributed by atoms with Crippen LogP contribution in [0, 0.1) is 5.92 Å². The lowest BCUT2D eigenvalue weighted by atomic mass is 10.0. The molecule has 3 heterocycles. The van der Waals surface area contributed by atoms with Crippen molar-refractivity contribution in [2.24, 2.45) is 13.0 Å². The molecular formula is C20H25N7O3. The van der Waals surface area contributed by atoms with Crippen molar-refractivity contribution in [1.29, 1.82) is 0 Å². The van der Waals surface area contributed by atoms with Crippen LogP contribution in [0.15, 0.2) is 37.1 Å². The van der Waals surface area contributed by atoms with Crippen LogP contribution >= 0.6 is 0 Å². The van der Waals surface area contributed by atoms with E-state index in [1.165, 1.54) is 23.1 Å². The first-order chi connectivity index (χ1) is 14.4. The predicted molar refractivity (Wildman–Crippen MR) is 108 cm³/mol. The van der Waals surface area contributed by atoms with Gasteiger partial charge in [-0.3, -0.25) is 14.5 Å². The molecule has 1 unspecified atom stereocenters. The van der Waals surface area contributed by atoms with Crippen molar-refractivity contribution in [3.8, 4) is 5.69 Å². The van der Waals surface area contributed by atoms with Crippen LogP contribution in [-0.2, 0) is 24.7 Å². The lowest BCUT2D eigenvalue weighted by Gasteiger charge is -2.11. The van der Waals surface area contributed by atoms with Gasteiger partial charge in [0.1, 0.15) is 0 Å². The molecule has 158 valence electrons. The van der Waals surface area contributed by atoms with Crippen LogP contribution in [0.2, 0.25) is 0 Å². The molecule has 0 aliphatic heterocycles. The van der Waals surface area contributed by atoms with Gasteiger partial charge in [-0.05, 0) is 36.8 Å². The van der Waals surface area contributed by atoms with E-state index >= 15 is 0 Å². The van der Waals surface area contributed by atoms with E-state index in [0.29, 0.717) is 43.1 Å². The van der Waals surface area contributed by atoms with Crippen molar-refractivity contribution < 1.29 is 14.7 Å². The minimum absolute atomic E-state index is 0.000788. The summed E-state index contributed by atoms with van der Waals surface area (Å²) in [5.74, 6) is -0.735. The Morgan fingerprint density at radius 3 is 2.83 bits per heavy atom. The average Bonchev–Trinajstić information content (AvgIpc) is 3.35. The number of amides is 1. The van der Waals surface area contributed by atoms with E-state index in [4.69, 9.17) is 0 Å². The highest BCUT2D eigenvalue weighted by atomic mass is 16.4. The molecule has 2 N–H and O–H groups in total. The van der Waals surface area contributed by atoms with Crippen LogP contribution in [0.25, 0.3) is 5.69 Å². The van der Waals surface area contributed by atoms with Crippen molar-refractivity contribution in [2.75, 3.05) is 6.54 Å². The van der Waals surface area contributed by atoms with E-state index < -0.39 is 5.97 Å². The minimum Gasteiger partial charge on any atom is -0.478 e. The Hall–Kier alpha value is -3.56. The molecule has 3 rings (SSSR count). The topological polar surface area (TPSA) is 128 Å². The molecule has 3 aromatic heterocycles. The number of carboxylic acids is 1. The fourth-order valence-corrected chi connectivity index (χ4v) is 3.14. The van der Waals surface area contributed by atoms with E-state index in [0.717, 1.165) is 12.0 Å². The van der Waals surface area contributed by atoms with Crippen LogP contribution in [0.5, 0.6) is 0 Å². The van der Waals surface area contributed by atoms with E-state index in [1.54, 1.807) is 10.9 Å². The van der Waals surface area contributed by atoms with E-state index in [2.05, 4.69) is 32.6 Å². The summed E-state index contributed by atoms with van der Waals surface area (Å²) in [5, 5.41) is 24.4. The maximum Gasteiger partial charge on any atom is 0.338 e. The smallest absolute Gasteiger partial charge is 0.338 e. The number of aromatic carboxylic acids is 1. The Morgan fingerprint density at radius 2 is 2.10 bits per heavy atom. The Kier molecular flexibility index (Phi) is 6.89. The molecular weight excluding hydrogens is 386 g/mol. The molecule has 0 saturated heterocycles. The summed E-state index contributed by atoms with van der Waals surface area (Å²) in [5.41, 5.74) is 2.29. The van der Waals surface area contributed by atoms with Crippen molar-refractivity contribution in [3.05, 3.63) is 53.9 Å². The maximum atomic E-state index is 12.1. The molecule has 0 aromatic carbocycles. The standard InChI is InChI=1S/C20H25N7O3/c1-14(8-15-10-23-26(2)12-15)9-22-19(28)5-3-4-16-13-27(25-24-16)18-11-21-7-6-17(18)20(29)30/h6-7,10-14H,3-5,8-9H2,1-2H3,(H,22,28)(H,29,30). The number of nitrogens with zero attached hydrogens (tertiary/aromatic N) is 6. The molecule has 1 amide bonds. The number of hydrogen-bond donors (Lipinski definition) is 2. The first-order valence-corrected chi connectivity index (χ1v) is 9.75. The second kappa shape index (κ2) is 9.77. The fourth-order valence-electron chi connectivity index (χ4n) is 3.14. The highest BCUT2D eigenvalue weighted by Gasteiger charge is 2.13. The zero-order valence-corrected chi connectivity index (χ0v) is 17.0. The zero-order chi connectivity index (χ0) is 21.5. The highest BCUT2D eigenvalue weighted by molar-refractivity contribution is 5.91. The van der Waals surface area contributed by atoms with Crippen LogP contribution in [0.3, 0.4) is 0 Å². The monoisotopic (exact) mass is 411 g/mol. The van der Waals surface area contributed by atoms with Gasteiger partial charge in [-0.25, -0.2) is 9.48 Å². The molecule has 0 aliphatic carbocycles. The zero-order valence-electron chi connectivity index (χ0n) is 17.0. The minimum atomic E-state index is -1.06. The molecule has 10 nitrogen and oxygen atoms in total. The largest absolute Gasteiger partial charge is 0.478 e. The Morgan fingerprint density at radius 1 is 1.27 bits per heavy atom. The summed E-state index contributed by atoms with van der Waals surface area (Å²) in [7, 11) is 1.89. The third-order valence-corrected chi connectivity index (χ3v) is 4.65. The normalized spacial score (nSPS) is 11.9. The number of carbonyl (C=O) groups is 2. The van der Waals surface area contributed by atoms with Gasteiger partial charge in [0.05, 0.1) is 35.5 Å². The number of aryl methyl sites for hydroxylation is 2. The SMILES string of the molecule is CC(CNC(=O)CCCc1cn(-c2cnccc2C(=O)O)nn1)Cc1cnn(C)c1. The fraction of sp³-hybridized carbons (Fsp3) is 0.400. The number of aromatic nitrogens is 6. The lowest BCUT2D eigenvalue weighted by molar-refractivity contribution is -0.121. The number of hydrogen-bond acceptors (Lipinski definition) is 6. The third-order valence-electron chi connectivity index (χ3n) is 4.65. The molecule has 0 saturated carbocycles. The highest BCUT2D eigenvalue weighted by Crippen LogP contribution is 2.13. The third kappa shape index (κ3) is 5.72. The van der Waals surface area contributed by atoms with E-state index in [1.807, 2.05) is 19.4 Å². The van der Waals surface area contributed by atoms with Crippen molar-refractivity contribution in [2.45, 2.75) is 32.6 Å². The summed E-state index contributed by atoms with van der Waals surface area (Å²) in [6.07, 6.45) is 10.8. The van der Waals surface area contributed by atoms with Gasteiger partial charge in [0, 0.05) is 32.4 Å². The van der Waals surface area contributed by atoms with Crippen LogP contribution in [0.4, 0.5) is 0 Å². The Labute approximate surface area is 173 Å². The van der Waals surface area contributed by atoms with Gasteiger partial charge in [0.25, 0.3) is 0 Å². The first kappa shape index (κ1) is 21.2. The number of carbonyl (C=O) groups excluding carboxylic acids is 1. The summed E-state index contributed by atoms with van der Waals surface area (Å²) >= 11 is 0. The molecule has 10 heteroatoms. The second-order valence-electron chi connectivity index (χ2n) is 7.34. The van der Waals surface area contributed by atoms with Crippen LogP contribution in [0.1, 0.15) is 41.4 Å². The quantitative estimate of drug-likeness (QED) is 0.516. The number of carboxylic acid groups (broad SMARTS) is 1. The molecule has 3 aromatic rings. The lowest BCUT2D eigenvalue weighted by Crippen LogP contribution is -2.28. The molecule has 1 atom stereocenters. The van der Waals surface area contributed by atoms with Crippen LogP contribution < -0.4 is 5.32 Å². The predicted octanol–water partition coefficient (Wildman–Crippen LogP) is 1.41. The number of rotatable bonds is 10. The summed E-state index contributed by atoms with van der Waals surface area (Å²) in [4.78, 5) is 27.4. The number of pyridine rings is 1. The Balaban J connectivity index is 1.42. The van der Waals surface area contributed by atoms with Gasteiger partial charge in [0.15, 0.2) is 0 Å². The van der Waals surface area contributed by atoms with Gasteiger partial charge in [-0.1, -0.05) is 12.1 Å². The molecule has 0 spiro atoms. The second-order valence-corrected chi connectivity index (χ2v) is 7.34. The van der Waals surface area contributed by atoms with Crippen molar-refractivity contribution in [1.82, 2.24) is 35.1 Å². The van der Waals surface area contributed by atoms with Gasteiger partial charge in [-0.2, -0.15) is 5.10 Å². The molecule has 0 bridgehead atoms. The first-order valence-electron chi connectivity index (χ1n) is 9.75. The molecule has 0 radical (unpaired) electrons. The van der Waals surface area contributed by atoms with E-state index in [9.17, 15) is 14.7 Å². The molecule has 0 aliphatic rings. The van der Waals surface area contributed by atoms with Crippen molar-refractivity contribution in [3.63, 3.8) is 0 Å². The van der Waals surface area contributed by atoms with Gasteiger partial charge < -0.3 is 10.4 Å². The summed E-state index contributed by atoms with van der Waals surface area (Å²) in [6, 6.07) is 1.42. The summed E-state index contributed by atoms with van der Waals surface area (Å²) < 4.78 is 3.17. The molecule has 0 fully saturated rings. The van der Waals surface area contributed by atoms with E-state index in [-0.39, 0.29) is 11.5 Å². The number of nitrogens with one attached hydrogen (secondary N) is 1. The van der Waals surface area contributed by atoms with Gasteiger partial charge >= 0.3 is 5.97 Å². The molecule has 30 heavy (non-hydrogen) atoms. The maximum absolute atomic E-state index is 12.1. The van der Waals surface area contributed by atoms with Gasteiger partial charge in [-0.15, -0.1) is 5.10 Å². The van der Waals surface area contributed by atoms with Crippen LogP contribution in [-0.4, -0.2) is 53.3 Å². The Bertz CT molecular complexity index is 1010. The van der Waals surface area contributed by atoms with Crippen molar-refractivity contribution >= 4 is 11.9 Å². The van der Waals surface area contributed by atoms with Gasteiger partial charge in [0.2, 0.25) is 5.91 Å².